The molecule has 0 fully saturated rings. The molecule has 6 nitrogen and oxygen atoms in total. The highest BCUT2D eigenvalue weighted by atomic mass is 16.8. The molecule has 0 rings (SSSR count). The highest BCUT2D eigenvalue weighted by Gasteiger charge is 2.20. The average molecular weight is 191 g/mol. The molecule has 0 heterocycles. The Hall–Kier alpha value is -1.30. The summed E-state index contributed by atoms with van der Waals surface area (Å²) < 4.78 is 12.9. The fraction of sp³-hybridized carbons (Fsp3) is 0.714. The van der Waals surface area contributed by atoms with Gasteiger partial charge in [0.15, 0.2) is 0 Å². The van der Waals surface area contributed by atoms with Crippen molar-refractivity contribution < 1.29 is 23.8 Å². The highest BCUT2D eigenvalue weighted by Crippen LogP contribution is 2.08. The van der Waals surface area contributed by atoms with Crippen LogP contribution in [0.2, 0.25) is 0 Å². The number of nitrogens with two attached hydrogens (primary N) is 1. The molecular weight excluding hydrogens is 178 g/mol. The number of hydrogen-bond acceptors (Lipinski definition) is 6. The zero-order valence-corrected chi connectivity index (χ0v) is 7.83. The molecule has 0 aliphatic carbocycles. The zero-order valence-electron chi connectivity index (χ0n) is 7.83. The molecule has 0 saturated carbocycles. The maximum Gasteiger partial charge on any atom is 0.519 e. The van der Waals surface area contributed by atoms with Gasteiger partial charge in [0.2, 0.25) is 0 Å². The minimum absolute atomic E-state index is 0.346. The monoisotopic (exact) mass is 191 g/mol. The van der Waals surface area contributed by atoms with E-state index in [1.54, 1.807) is 20.8 Å². The smallest absolute Gasteiger partial charge is 0.428 e. The van der Waals surface area contributed by atoms with E-state index in [2.05, 4.69) is 14.2 Å². The standard InChI is InChI=1S/C7H13NO5/c1-7(2,3)13-6(10)12-5(9)11-4-8/h4,8H2,1-3H3. The van der Waals surface area contributed by atoms with Gasteiger partial charge in [-0.1, -0.05) is 0 Å². The maximum atomic E-state index is 10.8. The fourth-order valence-electron chi connectivity index (χ4n) is 0.436. The first kappa shape index (κ1) is 11.7. The van der Waals surface area contributed by atoms with Gasteiger partial charge in [0.1, 0.15) is 12.3 Å². The molecule has 0 bridgehead atoms. The SMILES string of the molecule is CC(C)(C)OC(=O)OC(=O)OCN. The van der Waals surface area contributed by atoms with Gasteiger partial charge in [-0.05, 0) is 20.8 Å². The lowest BCUT2D eigenvalue weighted by molar-refractivity contribution is -0.00716. The summed E-state index contributed by atoms with van der Waals surface area (Å²) in [7, 11) is 0. The molecule has 0 radical (unpaired) electrons. The summed E-state index contributed by atoms with van der Waals surface area (Å²) in [6, 6.07) is 0. The molecule has 0 aromatic heterocycles. The summed E-state index contributed by atoms with van der Waals surface area (Å²) in [5.74, 6) is 0. The minimum atomic E-state index is -1.17. The molecule has 0 atom stereocenters. The van der Waals surface area contributed by atoms with Gasteiger partial charge in [-0.3, -0.25) is 5.73 Å². The quantitative estimate of drug-likeness (QED) is 0.377. The van der Waals surface area contributed by atoms with Crippen molar-refractivity contribution in [3.63, 3.8) is 0 Å². The summed E-state index contributed by atoms with van der Waals surface area (Å²) in [5, 5.41) is 0. The first-order chi connectivity index (χ1) is 5.85. The third-order valence-corrected chi connectivity index (χ3v) is 0.757. The van der Waals surface area contributed by atoms with Crippen molar-refractivity contribution >= 4 is 12.3 Å². The highest BCUT2D eigenvalue weighted by molar-refractivity contribution is 5.77. The van der Waals surface area contributed by atoms with Crippen molar-refractivity contribution in [2.45, 2.75) is 26.4 Å². The predicted octanol–water partition coefficient (Wildman–Crippen LogP) is 0.991. The Morgan fingerprint density at radius 1 is 1.23 bits per heavy atom. The molecule has 0 spiro atoms. The predicted molar refractivity (Wildman–Crippen MR) is 42.9 cm³/mol. The molecular formula is C7H13NO5. The number of rotatable bonds is 1. The van der Waals surface area contributed by atoms with Gasteiger partial charge in [-0.25, -0.2) is 9.59 Å². The van der Waals surface area contributed by atoms with E-state index in [4.69, 9.17) is 5.73 Å². The van der Waals surface area contributed by atoms with E-state index in [1.807, 2.05) is 0 Å². The minimum Gasteiger partial charge on any atom is -0.428 e. The lowest BCUT2D eigenvalue weighted by Crippen LogP contribution is -2.26. The van der Waals surface area contributed by atoms with E-state index in [-0.39, 0.29) is 6.73 Å². The van der Waals surface area contributed by atoms with Crippen LogP contribution in [0.1, 0.15) is 20.8 Å². The van der Waals surface area contributed by atoms with Crippen LogP contribution in [0.3, 0.4) is 0 Å². The van der Waals surface area contributed by atoms with E-state index in [0.717, 1.165) is 0 Å². The maximum absolute atomic E-state index is 10.8. The summed E-state index contributed by atoms with van der Waals surface area (Å²) in [4.78, 5) is 21.3. The van der Waals surface area contributed by atoms with Gasteiger partial charge in [0.05, 0.1) is 0 Å². The van der Waals surface area contributed by atoms with Crippen LogP contribution in [0.25, 0.3) is 0 Å². The van der Waals surface area contributed by atoms with Crippen LogP contribution >= 0.6 is 0 Å². The first-order valence-corrected chi connectivity index (χ1v) is 3.63. The van der Waals surface area contributed by atoms with Crippen LogP contribution < -0.4 is 5.73 Å². The third kappa shape index (κ3) is 7.07. The molecule has 0 unspecified atom stereocenters. The second-order valence-corrected chi connectivity index (χ2v) is 3.13. The molecule has 0 aromatic carbocycles. The largest absolute Gasteiger partial charge is 0.519 e. The van der Waals surface area contributed by atoms with Crippen LogP contribution in [-0.2, 0) is 14.2 Å². The van der Waals surface area contributed by atoms with E-state index < -0.39 is 17.9 Å². The van der Waals surface area contributed by atoms with Crippen LogP contribution in [0.15, 0.2) is 0 Å². The second-order valence-electron chi connectivity index (χ2n) is 3.13. The van der Waals surface area contributed by atoms with Gasteiger partial charge >= 0.3 is 12.3 Å². The van der Waals surface area contributed by atoms with E-state index in [0.29, 0.717) is 0 Å². The average Bonchev–Trinajstić information content (AvgIpc) is 1.81. The normalized spacial score (nSPS) is 10.5. The molecule has 0 aliphatic heterocycles. The molecule has 0 aliphatic rings. The number of ether oxygens (including phenoxy) is 3. The summed E-state index contributed by atoms with van der Waals surface area (Å²) in [6.07, 6.45) is -2.28. The Kier molecular flexibility index (Phi) is 4.19. The molecule has 76 valence electrons. The molecule has 2 N–H and O–H groups in total. The van der Waals surface area contributed by atoms with Crippen molar-refractivity contribution in [2.75, 3.05) is 6.73 Å². The van der Waals surface area contributed by atoms with Crippen molar-refractivity contribution in [3.05, 3.63) is 0 Å². The Balaban J connectivity index is 3.82. The van der Waals surface area contributed by atoms with Crippen LogP contribution in [-0.4, -0.2) is 24.6 Å². The molecule has 0 saturated heterocycles. The lowest BCUT2D eigenvalue weighted by Gasteiger charge is -2.17. The zero-order chi connectivity index (χ0) is 10.5. The Morgan fingerprint density at radius 3 is 2.15 bits per heavy atom. The topological polar surface area (TPSA) is 87.8 Å². The number of carbonyl (C=O) groups is 2. The van der Waals surface area contributed by atoms with E-state index >= 15 is 0 Å². The van der Waals surface area contributed by atoms with Gasteiger partial charge in [0.25, 0.3) is 0 Å². The van der Waals surface area contributed by atoms with Crippen molar-refractivity contribution in [2.24, 2.45) is 5.73 Å². The summed E-state index contributed by atoms with van der Waals surface area (Å²) in [6.45, 7) is 4.58. The van der Waals surface area contributed by atoms with Crippen molar-refractivity contribution in [1.82, 2.24) is 0 Å². The summed E-state index contributed by atoms with van der Waals surface area (Å²) >= 11 is 0. The molecule has 0 aromatic rings. The van der Waals surface area contributed by atoms with Crippen molar-refractivity contribution in [3.8, 4) is 0 Å². The number of carbonyl (C=O) groups excluding carboxylic acids is 2. The fourth-order valence-corrected chi connectivity index (χ4v) is 0.436. The first-order valence-electron chi connectivity index (χ1n) is 3.63. The molecule has 0 amide bonds. The second kappa shape index (κ2) is 4.66. The van der Waals surface area contributed by atoms with Gasteiger partial charge in [-0.15, -0.1) is 0 Å². The Labute approximate surface area is 75.9 Å². The molecule has 13 heavy (non-hydrogen) atoms. The molecule has 6 heteroatoms. The van der Waals surface area contributed by atoms with Gasteiger partial charge < -0.3 is 14.2 Å². The van der Waals surface area contributed by atoms with Crippen LogP contribution in [0.5, 0.6) is 0 Å². The lowest BCUT2D eigenvalue weighted by atomic mass is 10.2. The van der Waals surface area contributed by atoms with Crippen molar-refractivity contribution in [1.29, 1.82) is 0 Å². The number of hydrogen-bond donors (Lipinski definition) is 1. The van der Waals surface area contributed by atoms with Gasteiger partial charge in [-0.2, -0.15) is 0 Å². The van der Waals surface area contributed by atoms with E-state index in [1.165, 1.54) is 0 Å². The third-order valence-electron chi connectivity index (χ3n) is 0.757. The van der Waals surface area contributed by atoms with Crippen LogP contribution in [0, 0.1) is 0 Å². The van der Waals surface area contributed by atoms with E-state index in [9.17, 15) is 9.59 Å². The van der Waals surface area contributed by atoms with Crippen LogP contribution in [0.4, 0.5) is 9.59 Å². The Bertz CT molecular complexity index is 196. The summed E-state index contributed by atoms with van der Waals surface area (Å²) in [5.41, 5.74) is 4.15. The Morgan fingerprint density at radius 2 is 1.77 bits per heavy atom. The van der Waals surface area contributed by atoms with Gasteiger partial charge in [0, 0.05) is 0 Å².